The summed E-state index contributed by atoms with van der Waals surface area (Å²) in [6, 6.07) is 5.41. The molecule has 0 saturated carbocycles. The number of hydrogen-bond acceptors (Lipinski definition) is 5. The Balaban J connectivity index is 2.99. The van der Waals surface area contributed by atoms with Crippen molar-refractivity contribution in [3.63, 3.8) is 0 Å². The van der Waals surface area contributed by atoms with Gasteiger partial charge in [0, 0.05) is 31.4 Å². The Morgan fingerprint density at radius 2 is 1.47 bits per heavy atom. The van der Waals surface area contributed by atoms with Crippen molar-refractivity contribution in [1.29, 1.82) is 0 Å². The van der Waals surface area contributed by atoms with Crippen molar-refractivity contribution in [1.82, 2.24) is 5.09 Å². The van der Waals surface area contributed by atoms with Crippen LogP contribution in [0.3, 0.4) is 0 Å². The highest BCUT2D eigenvalue weighted by Gasteiger charge is 2.20. The fourth-order valence-electron chi connectivity index (χ4n) is 1.41. The van der Waals surface area contributed by atoms with E-state index in [2.05, 4.69) is 5.09 Å². The van der Waals surface area contributed by atoms with Gasteiger partial charge in [-0.05, 0) is 25.7 Å². The molecule has 7 heteroatoms. The van der Waals surface area contributed by atoms with Crippen molar-refractivity contribution in [2.45, 2.75) is 19.9 Å². The molecule has 1 atom stereocenters. The molecule has 1 unspecified atom stereocenters. The molecule has 0 aliphatic rings. The van der Waals surface area contributed by atoms with Crippen LogP contribution in [0, 0.1) is 0 Å². The van der Waals surface area contributed by atoms with Crippen molar-refractivity contribution in [2.75, 3.05) is 21.3 Å². The summed E-state index contributed by atoms with van der Waals surface area (Å²) in [7, 11) is 4.70. The van der Waals surface area contributed by atoms with Gasteiger partial charge in [0.05, 0.1) is 14.2 Å². The van der Waals surface area contributed by atoms with Crippen LogP contribution in [0.15, 0.2) is 18.2 Å². The van der Waals surface area contributed by atoms with Gasteiger partial charge in [0.2, 0.25) is 0 Å². The lowest BCUT2D eigenvalue weighted by atomic mass is 10.3. The van der Waals surface area contributed by atoms with Crippen molar-refractivity contribution in [3.05, 3.63) is 18.2 Å². The van der Waals surface area contributed by atoms with Crippen LogP contribution in [-0.4, -0.2) is 27.4 Å². The van der Waals surface area contributed by atoms with E-state index in [-0.39, 0.29) is 6.04 Å². The molecule has 0 radical (unpaired) electrons. The van der Waals surface area contributed by atoms with E-state index in [4.69, 9.17) is 30.3 Å². The number of methoxy groups -OCH3 is 2. The molecule has 0 aromatic heterocycles. The molecule has 0 aliphatic heterocycles. The summed E-state index contributed by atoms with van der Waals surface area (Å²) in [5.41, 5.74) is 0. The lowest BCUT2D eigenvalue weighted by Crippen LogP contribution is -2.22. The van der Waals surface area contributed by atoms with Gasteiger partial charge >= 0.3 is 6.64 Å². The van der Waals surface area contributed by atoms with Gasteiger partial charge < -0.3 is 18.5 Å². The molecule has 0 spiro atoms. The van der Waals surface area contributed by atoms with Crippen molar-refractivity contribution in [2.24, 2.45) is 0 Å². The third kappa shape index (κ3) is 4.99. The van der Waals surface area contributed by atoms with E-state index in [1.807, 2.05) is 13.8 Å². The SMILES string of the molecule is COc1cc(OC)cc(OP(=S)(NC(C)C)OC)c1. The number of rotatable bonds is 7. The van der Waals surface area contributed by atoms with E-state index < -0.39 is 6.64 Å². The maximum absolute atomic E-state index is 5.78. The van der Waals surface area contributed by atoms with Crippen LogP contribution < -0.4 is 19.1 Å². The van der Waals surface area contributed by atoms with E-state index in [0.29, 0.717) is 17.2 Å². The highest BCUT2D eigenvalue weighted by Crippen LogP contribution is 2.45. The molecule has 1 N–H and O–H groups in total. The van der Waals surface area contributed by atoms with Gasteiger partial charge in [0.25, 0.3) is 0 Å². The number of hydrogen-bond donors (Lipinski definition) is 1. The topological polar surface area (TPSA) is 49.0 Å². The molecule has 0 fully saturated rings. The van der Waals surface area contributed by atoms with Gasteiger partial charge in [-0.25, -0.2) is 5.09 Å². The Morgan fingerprint density at radius 3 is 1.84 bits per heavy atom. The van der Waals surface area contributed by atoms with Crippen molar-refractivity contribution >= 4 is 18.4 Å². The monoisotopic (exact) mass is 305 g/mol. The highest BCUT2D eigenvalue weighted by atomic mass is 32.5. The summed E-state index contributed by atoms with van der Waals surface area (Å²) in [6.07, 6.45) is 0. The summed E-state index contributed by atoms with van der Waals surface area (Å²) in [5.74, 6) is 1.82. The fraction of sp³-hybridized carbons (Fsp3) is 0.500. The van der Waals surface area contributed by atoms with E-state index in [1.54, 1.807) is 32.4 Å². The summed E-state index contributed by atoms with van der Waals surface area (Å²) < 4.78 is 21.5. The van der Waals surface area contributed by atoms with E-state index in [1.165, 1.54) is 7.11 Å². The molecular weight excluding hydrogens is 285 g/mol. The Morgan fingerprint density at radius 1 is 1.00 bits per heavy atom. The molecule has 1 aromatic carbocycles. The van der Waals surface area contributed by atoms with Crippen molar-refractivity contribution < 1.29 is 18.5 Å². The van der Waals surface area contributed by atoms with Crippen LogP contribution in [0.1, 0.15) is 13.8 Å². The summed E-state index contributed by atoms with van der Waals surface area (Å²) in [4.78, 5) is 0. The molecule has 1 aromatic rings. The second-order valence-corrected chi connectivity index (χ2v) is 7.35. The molecule has 5 nitrogen and oxygen atoms in total. The first-order chi connectivity index (χ1) is 8.92. The Bertz CT molecular complexity index is 445. The van der Waals surface area contributed by atoms with Gasteiger partial charge in [0.15, 0.2) is 0 Å². The zero-order valence-electron chi connectivity index (χ0n) is 11.8. The summed E-state index contributed by atoms with van der Waals surface area (Å²) in [6.45, 7) is 1.40. The number of nitrogens with one attached hydrogen (secondary N) is 1. The number of ether oxygens (including phenoxy) is 2. The van der Waals surface area contributed by atoms with Crippen LogP contribution in [0.4, 0.5) is 0 Å². The second-order valence-electron chi connectivity index (χ2n) is 4.10. The maximum Gasteiger partial charge on any atom is 0.312 e. The zero-order valence-corrected chi connectivity index (χ0v) is 13.5. The Labute approximate surface area is 119 Å². The lowest BCUT2D eigenvalue weighted by Gasteiger charge is -2.24. The van der Waals surface area contributed by atoms with Crippen LogP contribution in [0.25, 0.3) is 0 Å². The second kappa shape index (κ2) is 7.10. The minimum absolute atomic E-state index is 0.165. The first-order valence-corrected chi connectivity index (χ1v) is 8.42. The van der Waals surface area contributed by atoms with E-state index >= 15 is 0 Å². The standard InChI is InChI=1S/C12H20NO4PS/c1-9(2)13-18(19,16-5)17-12-7-10(14-3)6-11(8-12)15-4/h6-9H,1-5H3,(H,13,19). The van der Waals surface area contributed by atoms with Gasteiger partial charge in [-0.15, -0.1) is 0 Å². The van der Waals surface area contributed by atoms with Gasteiger partial charge in [0.1, 0.15) is 17.2 Å². The maximum atomic E-state index is 5.78. The molecule has 1 rings (SSSR count). The van der Waals surface area contributed by atoms with Gasteiger partial charge in [-0.1, -0.05) is 0 Å². The van der Waals surface area contributed by atoms with Crippen LogP contribution in [0.5, 0.6) is 17.2 Å². The molecular formula is C12H20NO4PS. The smallest absolute Gasteiger partial charge is 0.312 e. The quantitative estimate of drug-likeness (QED) is 0.782. The van der Waals surface area contributed by atoms with Crippen LogP contribution in [0.2, 0.25) is 0 Å². The van der Waals surface area contributed by atoms with Crippen molar-refractivity contribution in [3.8, 4) is 17.2 Å². The molecule has 0 amide bonds. The normalized spacial score (nSPS) is 14.0. The lowest BCUT2D eigenvalue weighted by molar-refractivity contribution is 0.368. The molecule has 0 saturated heterocycles. The first kappa shape index (κ1) is 16.2. The van der Waals surface area contributed by atoms with E-state index in [9.17, 15) is 0 Å². The summed E-state index contributed by atoms with van der Waals surface area (Å²) >= 11 is 5.39. The fourth-order valence-corrected chi connectivity index (χ4v) is 3.54. The molecule has 19 heavy (non-hydrogen) atoms. The Kier molecular flexibility index (Phi) is 6.07. The van der Waals surface area contributed by atoms with Crippen LogP contribution >= 0.6 is 6.64 Å². The molecule has 0 heterocycles. The van der Waals surface area contributed by atoms with E-state index in [0.717, 1.165) is 0 Å². The highest BCUT2D eigenvalue weighted by molar-refractivity contribution is 8.09. The predicted molar refractivity (Wildman–Crippen MR) is 79.7 cm³/mol. The minimum atomic E-state index is -2.57. The van der Waals surface area contributed by atoms with Gasteiger partial charge in [-0.3, -0.25) is 0 Å². The molecule has 108 valence electrons. The third-order valence-corrected chi connectivity index (χ3v) is 4.96. The molecule has 0 aliphatic carbocycles. The minimum Gasteiger partial charge on any atom is -0.496 e. The third-order valence-electron chi connectivity index (χ3n) is 2.21. The van der Waals surface area contributed by atoms with Crippen LogP contribution in [-0.2, 0) is 16.3 Å². The average molecular weight is 305 g/mol. The average Bonchev–Trinajstić information content (AvgIpc) is 2.37. The largest absolute Gasteiger partial charge is 0.496 e. The first-order valence-electron chi connectivity index (χ1n) is 5.78. The number of benzene rings is 1. The molecule has 0 bridgehead atoms. The van der Waals surface area contributed by atoms with Gasteiger partial charge in [-0.2, -0.15) is 0 Å². The Hall–Kier alpha value is -0.810. The zero-order chi connectivity index (χ0) is 14.5. The summed E-state index contributed by atoms with van der Waals surface area (Å²) in [5, 5.41) is 3.13. The predicted octanol–water partition coefficient (Wildman–Crippen LogP) is 2.95.